The minimum absolute atomic E-state index is 0.00843. The van der Waals surface area contributed by atoms with Gasteiger partial charge in [-0.15, -0.1) is 0 Å². The molecule has 2 aromatic heterocycles. The first-order valence-corrected chi connectivity index (χ1v) is 15.5. The summed E-state index contributed by atoms with van der Waals surface area (Å²) in [5.41, 5.74) is 2.33. The predicted molar refractivity (Wildman–Crippen MR) is 170 cm³/mol. The van der Waals surface area contributed by atoms with Crippen LogP contribution in [0.4, 0.5) is 14.7 Å². The number of likely N-dealkylation sites (tertiary alicyclic amines) is 2. The van der Waals surface area contributed by atoms with Crippen molar-refractivity contribution in [3.63, 3.8) is 0 Å². The summed E-state index contributed by atoms with van der Waals surface area (Å²) in [7, 11) is 0. The summed E-state index contributed by atoms with van der Waals surface area (Å²) < 4.78 is 32.0. The molecule has 2 aliphatic heterocycles. The summed E-state index contributed by atoms with van der Waals surface area (Å²) in [6.45, 7) is 19.8. The first-order chi connectivity index (χ1) is 20.7. The Morgan fingerprint density at radius 1 is 1.12 bits per heavy atom. The SMILES string of the molecule is C=C(N=C/C(=C\C)C(C1CCN(CC)CC1)N1CCCC1)Nc1ncc(F)c(-c2cc(F)c3nc(C)n(C(C)C)c3c2)n1. The molecule has 2 fully saturated rings. The quantitative estimate of drug-likeness (QED) is 0.263. The molecular weight excluding hydrogens is 546 g/mol. The van der Waals surface area contributed by atoms with Gasteiger partial charge in [-0.1, -0.05) is 19.6 Å². The molecule has 2 aliphatic rings. The van der Waals surface area contributed by atoms with Crippen molar-refractivity contribution in [2.75, 3.05) is 38.0 Å². The molecule has 1 N–H and O–H groups in total. The lowest BCUT2D eigenvalue weighted by Crippen LogP contribution is -2.45. The van der Waals surface area contributed by atoms with Crippen LogP contribution in [0.2, 0.25) is 0 Å². The van der Waals surface area contributed by atoms with E-state index in [2.05, 4.69) is 61.6 Å². The Morgan fingerprint density at radius 3 is 2.49 bits per heavy atom. The normalized spacial score (nSPS) is 18.4. The third kappa shape index (κ3) is 6.70. The Labute approximate surface area is 253 Å². The molecule has 0 bridgehead atoms. The molecule has 0 aliphatic carbocycles. The number of allylic oxidation sites excluding steroid dienone is 1. The number of halogens is 2. The van der Waals surface area contributed by atoms with Crippen LogP contribution in [0.1, 0.15) is 65.2 Å². The van der Waals surface area contributed by atoms with Crippen LogP contribution in [0.25, 0.3) is 22.3 Å². The summed E-state index contributed by atoms with van der Waals surface area (Å²) in [5, 5.41) is 3.01. The van der Waals surface area contributed by atoms with Crippen LogP contribution < -0.4 is 5.32 Å². The maximum atomic E-state index is 15.1. The number of rotatable bonds is 10. The number of hydrogen-bond donors (Lipinski definition) is 1. The standard InChI is InChI=1S/C33H44F2N8/c1-7-24(32(42-13-9-10-14-42)25-11-15-41(8-2)16-12-25)19-36-22(5)38-33-37-20-28(35)30(40-33)26-17-27(34)31-29(18-26)43(21(3)4)23(6)39-31/h7,17-21,25,32H,5,8-16H2,1-4,6H3,(H,37,38,40)/b24-7+,36-19?. The minimum atomic E-state index is -0.649. The Hall–Kier alpha value is -3.50. The molecule has 1 unspecified atom stereocenters. The largest absolute Gasteiger partial charge is 0.326 e. The zero-order valence-electron chi connectivity index (χ0n) is 26.1. The summed E-state index contributed by atoms with van der Waals surface area (Å²) in [5.74, 6) is 0.578. The molecule has 43 heavy (non-hydrogen) atoms. The van der Waals surface area contributed by atoms with Gasteiger partial charge in [-0.2, -0.15) is 0 Å². The molecule has 0 spiro atoms. The number of piperidine rings is 1. The van der Waals surface area contributed by atoms with E-state index in [0.29, 0.717) is 34.7 Å². The van der Waals surface area contributed by atoms with Crippen molar-refractivity contribution in [3.8, 4) is 11.3 Å². The number of benzene rings is 1. The van der Waals surface area contributed by atoms with Gasteiger partial charge >= 0.3 is 0 Å². The van der Waals surface area contributed by atoms with Gasteiger partial charge in [0.15, 0.2) is 11.6 Å². The van der Waals surface area contributed by atoms with E-state index in [1.165, 1.54) is 37.3 Å². The average Bonchev–Trinajstić information content (AvgIpc) is 3.64. The second-order valence-electron chi connectivity index (χ2n) is 11.9. The number of aryl methyl sites for hydroxylation is 1. The number of aliphatic imine (C=N–C) groups is 1. The summed E-state index contributed by atoms with van der Waals surface area (Å²) in [6.07, 6.45) is 9.95. The fraction of sp³-hybridized carbons (Fsp3) is 0.515. The first-order valence-electron chi connectivity index (χ1n) is 15.5. The highest BCUT2D eigenvalue weighted by Gasteiger charge is 2.33. The Kier molecular flexibility index (Phi) is 9.66. The summed E-state index contributed by atoms with van der Waals surface area (Å²) in [6, 6.07) is 3.38. The monoisotopic (exact) mass is 590 g/mol. The third-order valence-electron chi connectivity index (χ3n) is 8.82. The van der Waals surface area contributed by atoms with Gasteiger partial charge < -0.3 is 14.8 Å². The topological polar surface area (TPSA) is 74.5 Å². The second-order valence-corrected chi connectivity index (χ2v) is 11.9. The zero-order valence-corrected chi connectivity index (χ0v) is 26.1. The third-order valence-corrected chi connectivity index (χ3v) is 8.82. The number of fused-ring (bicyclic) bond motifs is 1. The van der Waals surface area contributed by atoms with Gasteiger partial charge in [0.2, 0.25) is 5.95 Å². The van der Waals surface area contributed by atoms with Gasteiger partial charge in [0.05, 0.1) is 11.7 Å². The minimum Gasteiger partial charge on any atom is -0.326 e. The van der Waals surface area contributed by atoms with E-state index in [0.717, 1.165) is 38.9 Å². The molecule has 0 saturated carbocycles. The zero-order chi connectivity index (χ0) is 30.7. The molecule has 10 heteroatoms. The van der Waals surface area contributed by atoms with Crippen LogP contribution >= 0.6 is 0 Å². The van der Waals surface area contributed by atoms with E-state index in [1.54, 1.807) is 6.07 Å². The average molecular weight is 591 g/mol. The van der Waals surface area contributed by atoms with E-state index in [-0.39, 0.29) is 23.2 Å². The Morgan fingerprint density at radius 2 is 1.84 bits per heavy atom. The molecule has 0 amide bonds. The van der Waals surface area contributed by atoms with Crippen molar-refractivity contribution in [1.82, 2.24) is 29.3 Å². The summed E-state index contributed by atoms with van der Waals surface area (Å²) >= 11 is 0. The van der Waals surface area contributed by atoms with E-state index >= 15 is 4.39 Å². The van der Waals surface area contributed by atoms with E-state index in [1.807, 2.05) is 31.6 Å². The highest BCUT2D eigenvalue weighted by molar-refractivity contribution is 5.83. The fourth-order valence-corrected chi connectivity index (χ4v) is 6.71. The first kappa shape index (κ1) is 30.9. The number of hydrogen-bond acceptors (Lipinski definition) is 7. The molecule has 0 radical (unpaired) electrons. The lowest BCUT2D eigenvalue weighted by molar-refractivity contribution is 0.125. The maximum absolute atomic E-state index is 15.1. The molecule has 8 nitrogen and oxygen atoms in total. The van der Waals surface area contributed by atoms with Gasteiger partial charge in [0.1, 0.15) is 22.9 Å². The van der Waals surface area contributed by atoms with Gasteiger partial charge in [0.25, 0.3) is 0 Å². The summed E-state index contributed by atoms with van der Waals surface area (Å²) in [4.78, 5) is 22.6. The molecule has 4 heterocycles. The van der Waals surface area contributed by atoms with E-state index < -0.39 is 11.6 Å². The second kappa shape index (κ2) is 13.4. The van der Waals surface area contributed by atoms with Crippen LogP contribution in [0.5, 0.6) is 0 Å². The molecule has 1 aromatic carbocycles. The lowest BCUT2D eigenvalue weighted by Gasteiger charge is -2.40. The van der Waals surface area contributed by atoms with Gasteiger partial charge in [-0.3, -0.25) is 4.90 Å². The van der Waals surface area contributed by atoms with Crippen LogP contribution in [-0.4, -0.2) is 74.3 Å². The molecule has 1 atom stereocenters. The van der Waals surface area contributed by atoms with Crippen molar-refractivity contribution < 1.29 is 8.78 Å². The maximum Gasteiger partial charge on any atom is 0.229 e. The molecular formula is C33H44F2N8. The van der Waals surface area contributed by atoms with E-state index in [4.69, 9.17) is 0 Å². The van der Waals surface area contributed by atoms with Crippen LogP contribution in [0.3, 0.4) is 0 Å². The molecule has 3 aromatic rings. The Balaban J connectivity index is 1.35. The number of nitrogens with one attached hydrogen (secondary N) is 1. The molecule has 2 saturated heterocycles. The van der Waals surface area contributed by atoms with Gasteiger partial charge in [-0.05, 0) is 110 Å². The fourth-order valence-electron chi connectivity index (χ4n) is 6.71. The van der Waals surface area contributed by atoms with Crippen molar-refractivity contribution in [2.24, 2.45) is 10.9 Å². The highest BCUT2D eigenvalue weighted by Crippen LogP contribution is 2.32. The lowest BCUT2D eigenvalue weighted by atomic mass is 9.84. The van der Waals surface area contributed by atoms with Crippen molar-refractivity contribution in [3.05, 3.63) is 59.8 Å². The van der Waals surface area contributed by atoms with Crippen LogP contribution in [0, 0.1) is 24.5 Å². The molecule has 5 rings (SSSR count). The van der Waals surface area contributed by atoms with Gasteiger partial charge in [-0.25, -0.2) is 28.7 Å². The van der Waals surface area contributed by atoms with Crippen molar-refractivity contribution >= 4 is 23.2 Å². The Bertz CT molecular complexity index is 1510. The van der Waals surface area contributed by atoms with Crippen LogP contribution in [0.15, 0.2) is 47.4 Å². The predicted octanol–water partition coefficient (Wildman–Crippen LogP) is 6.76. The number of nitrogens with zero attached hydrogens (tertiary/aromatic N) is 7. The van der Waals surface area contributed by atoms with Gasteiger partial charge in [0, 0.05) is 23.9 Å². The van der Waals surface area contributed by atoms with Crippen molar-refractivity contribution in [1.29, 1.82) is 0 Å². The van der Waals surface area contributed by atoms with E-state index in [9.17, 15) is 4.39 Å². The number of anilines is 1. The van der Waals surface area contributed by atoms with Crippen molar-refractivity contribution in [2.45, 2.75) is 72.4 Å². The molecule has 230 valence electrons. The number of imidazole rings is 1. The highest BCUT2D eigenvalue weighted by atomic mass is 19.1. The smallest absolute Gasteiger partial charge is 0.229 e. The number of aromatic nitrogens is 4. The van der Waals surface area contributed by atoms with Crippen LogP contribution in [-0.2, 0) is 0 Å².